The van der Waals surface area contributed by atoms with Gasteiger partial charge in [-0.25, -0.2) is 0 Å². The number of hydrogen-bond acceptors (Lipinski definition) is 1. The van der Waals surface area contributed by atoms with Gasteiger partial charge in [-0.2, -0.15) is 0 Å². The van der Waals surface area contributed by atoms with E-state index in [-0.39, 0.29) is 0 Å². The number of benzene rings is 1. The van der Waals surface area contributed by atoms with Crippen LogP contribution in [0.5, 0.6) is 0 Å². The number of hydrogen-bond donors (Lipinski definition) is 1. The summed E-state index contributed by atoms with van der Waals surface area (Å²) >= 11 is 4.48. The van der Waals surface area contributed by atoms with Gasteiger partial charge >= 0.3 is 0 Å². The summed E-state index contributed by atoms with van der Waals surface area (Å²) in [6.07, 6.45) is 2.11. The molecular weight excluding hydrogens is 248 g/mol. The molecule has 2 rings (SSSR count). The average molecular weight is 266 g/mol. The van der Waals surface area contributed by atoms with E-state index in [9.17, 15) is 0 Å². The Bertz CT molecular complexity index is 830. The van der Waals surface area contributed by atoms with E-state index in [0.29, 0.717) is 0 Å². The number of rotatable bonds is 0. The summed E-state index contributed by atoms with van der Waals surface area (Å²) in [7, 11) is 0. The molecular formula is C18H18S. The van der Waals surface area contributed by atoms with Crippen LogP contribution in [0.4, 0.5) is 0 Å². The van der Waals surface area contributed by atoms with Crippen LogP contribution in [0.2, 0.25) is 0 Å². The molecule has 0 spiro atoms. The van der Waals surface area contributed by atoms with Crippen LogP contribution in [-0.2, 0) is 0 Å². The topological polar surface area (TPSA) is 0 Å². The number of thiol groups is 1. The molecule has 96 valence electrons. The van der Waals surface area contributed by atoms with Crippen molar-refractivity contribution in [2.75, 3.05) is 0 Å². The third-order valence-electron chi connectivity index (χ3n) is 3.27. The molecule has 2 aromatic carbocycles. The van der Waals surface area contributed by atoms with Gasteiger partial charge in [0.25, 0.3) is 0 Å². The van der Waals surface area contributed by atoms with Gasteiger partial charge in [-0.3, -0.25) is 0 Å². The fourth-order valence-corrected chi connectivity index (χ4v) is 2.58. The van der Waals surface area contributed by atoms with Crippen molar-refractivity contribution in [3.63, 3.8) is 0 Å². The Morgan fingerprint density at radius 1 is 1.05 bits per heavy atom. The van der Waals surface area contributed by atoms with Gasteiger partial charge in [-0.05, 0) is 58.0 Å². The second-order valence-corrected chi connectivity index (χ2v) is 5.21. The van der Waals surface area contributed by atoms with Crippen molar-refractivity contribution in [2.24, 2.45) is 0 Å². The van der Waals surface area contributed by atoms with Gasteiger partial charge in [0.2, 0.25) is 0 Å². The Hall–Kier alpha value is -1.73. The Kier molecular flexibility index (Phi) is 3.96. The Morgan fingerprint density at radius 3 is 2.47 bits per heavy atom. The van der Waals surface area contributed by atoms with Crippen LogP contribution >= 0.6 is 12.6 Å². The molecule has 2 aromatic rings. The smallest absolute Gasteiger partial charge is 0.00518 e. The van der Waals surface area contributed by atoms with Crippen LogP contribution in [0.1, 0.15) is 12.5 Å². The van der Waals surface area contributed by atoms with Crippen molar-refractivity contribution < 1.29 is 0 Å². The summed E-state index contributed by atoms with van der Waals surface area (Å²) < 4.78 is 0. The molecule has 0 radical (unpaired) electrons. The van der Waals surface area contributed by atoms with E-state index in [1.807, 2.05) is 25.1 Å². The summed E-state index contributed by atoms with van der Waals surface area (Å²) in [6, 6.07) is 12.3. The lowest BCUT2D eigenvalue weighted by Gasteiger charge is -2.01. The van der Waals surface area contributed by atoms with Gasteiger partial charge in [0, 0.05) is 4.90 Å². The molecule has 0 amide bonds. The van der Waals surface area contributed by atoms with Crippen molar-refractivity contribution >= 4 is 42.6 Å². The van der Waals surface area contributed by atoms with Crippen molar-refractivity contribution in [3.05, 3.63) is 57.6 Å². The highest BCUT2D eigenvalue weighted by Crippen LogP contribution is 2.05. The van der Waals surface area contributed by atoms with Crippen LogP contribution in [0, 0.1) is 6.92 Å². The SMILES string of the molecule is C=c1ccc(C)c2c(=C)c(cc/c2=C/C)cc(S)c1. The van der Waals surface area contributed by atoms with Gasteiger partial charge in [0.05, 0.1) is 0 Å². The van der Waals surface area contributed by atoms with Crippen molar-refractivity contribution in [1.82, 2.24) is 0 Å². The Balaban J connectivity index is 3.21. The lowest BCUT2D eigenvalue weighted by molar-refractivity contribution is 1.44. The molecule has 0 aromatic heterocycles. The van der Waals surface area contributed by atoms with E-state index in [1.165, 1.54) is 16.2 Å². The zero-order valence-corrected chi connectivity index (χ0v) is 12.3. The molecule has 0 fully saturated rings. The summed E-state index contributed by atoms with van der Waals surface area (Å²) in [5.41, 5.74) is 1.20. The largest absolute Gasteiger partial charge is 0.143 e. The van der Waals surface area contributed by atoms with Crippen LogP contribution in [-0.4, -0.2) is 0 Å². The number of aryl methyl sites for hydroxylation is 1. The average Bonchev–Trinajstić information content (AvgIpc) is 2.37. The molecule has 19 heavy (non-hydrogen) atoms. The predicted octanol–water partition coefficient (Wildman–Crippen LogP) is 2.90. The van der Waals surface area contributed by atoms with Crippen LogP contribution in [0.25, 0.3) is 30.0 Å². The molecule has 1 heteroatoms. The van der Waals surface area contributed by atoms with Crippen LogP contribution in [0.3, 0.4) is 0 Å². The van der Waals surface area contributed by atoms with Gasteiger partial charge in [0.1, 0.15) is 0 Å². The first-order valence-corrected chi connectivity index (χ1v) is 6.72. The van der Waals surface area contributed by atoms with E-state index >= 15 is 0 Å². The monoisotopic (exact) mass is 266 g/mol. The summed E-state index contributed by atoms with van der Waals surface area (Å²) in [6.45, 7) is 12.4. The van der Waals surface area contributed by atoms with Gasteiger partial charge < -0.3 is 0 Å². The molecule has 0 N–H and O–H groups in total. The molecule has 0 nitrogen and oxygen atoms in total. The molecule has 0 aliphatic carbocycles. The maximum Gasteiger partial charge on any atom is 0.00518 e. The van der Waals surface area contributed by atoms with Gasteiger partial charge in [0.15, 0.2) is 0 Å². The molecule has 0 aliphatic heterocycles. The fourth-order valence-electron chi connectivity index (χ4n) is 2.28. The van der Waals surface area contributed by atoms with Crippen molar-refractivity contribution in [2.45, 2.75) is 18.7 Å². The zero-order chi connectivity index (χ0) is 14.0. The third kappa shape index (κ3) is 2.82. The first-order valence-electron chi connectivity index (χ1n) is 6.27. The maximum atomic E-state index is 4.48. The molecule has 0 heterocycles. The minimum absolute atomic E-state index is 0.887. The first kappa shape index (κ1) is 13.7. The van der Waals surface area contributed by atoms with Crippen LogP contribution < -0.4 is 15.7 Å². The zero-order valence-electron chi connectivity index (χ0n) is 11.4. The normalized spacial score (nSPS) is 11.6. The maximum absolute atomic E-state index is 4.48. The summed E-state index contributed by atoms with van der Waals surface area (Å²) in [5, 5.41) is 5.50. The second-order valence-electron chi connectivity index (χ2n) is 4.69. The van der Waals surface area contributed by atoms with E-state index in [4.69, 9.17) is 0 Å². The third-order valence-corrected chi connectivity index (χ3v) is 3.53. The van der Waals surface area contributed by atoms with Crippen LogP contribution in [0.15, 0.2) is 41.3 Å². The van der Waals surface area contributed by atoms with E-state index < -0.39 is 0 Å². The predicted molar refractivity (Wildman–Crippen MR) is 89.2 cm³/mol. The highest BCUT2D eigenvalue weighted by atomic mass is 32.1. The molecule has 0 saturated carbocycles. The summed E-state index contributed by atoms with van der Waals surface area (Å²) in [4.78, 5) is 0.887. The molecule has 0 aliphatic rings. The Labute approximate surface area is 119 Å². The molecule has 0 atom stereocenters. The van der Waals surface area contributed by atoms with E-state index in [0.717, 1.165) is 20.7 Å². The lowest BCUT2D eigenvalue weighted by Crippen LogP contribution is -2.14. The van der Waals surface area contributed by atoms with Crippen molar-refractivity contribution in [3.8, 4) is 0 Å². The highest BCUT2D eigenvalue weighted by molar-refractivity contribution is 7.80. The van der Waals surface area contributed by atoms with Gasteiger partial charge in [-0.15, -0.1) is 12.6 Å². The lowest BCUT2D eigenvalue weighted by atomic mass is 10.0. The highest BCUT2D eigenvalue weighted by Gasteiger charge is 1.96. The summed E-state index contributed by atoms with van der Waals surface area (Å²) in [5.74, 6) is 0. The Morgan fingerprint density at radius 2 is 1.79 bits per heavy atom. The quantitative estimate of drug-likeness (QED) is 0.697. The standard InChI is InChI=1S/C18H18S/c1-5-15-8-9-16-11-17(19)10-12(2)6-7-13(3)18(15)14(16)4/h5-11,19H,2,4H2,1,3H3/b7-6?,15-5-,16-11?,17-10?,18-13?. The van der Waals surface area contributed by atoms with Gasteiger partial charge in [-0.1, -0.05) is 43.5 Å². The molecule has 0 saturated heterocycles. The molecule has 2 bridgehead atoms. The van der Waals surface area contributed by atoms with Crippen molar-refractivity contribution in [1.29, 1.82) is 0 Å². The fraction of sp³-hybridized carbons (Fsp3) is 0.111. The number of fused-ring (bicyclic) bond motifs is 2. The van der Waals surface area contributed by atoms with E-state index in [1.54, 1.807) is 0 Å². The first-order chi connectivity index (χ1) is 9.02. The second kappa shape index (κ2) is 5.50. The molecule has 0 unspecified atom stereocenters. The minimum Gasteiger partial charge on any atom is -0.143 e. The van der Waals surface area contributed by atoms with E-state index in [2.05, 4.69) is 57.0 Å². The minimum atomic E-state index is 0.887.